The van der Waals surface area contributed by atoms with Crippen molar-refractivity contribution in [2.24, 2.45) is 0 Å². The van der Waals surface area contributed by atoms with Crippen molar-refractivity contribution in [1.82, 2.24) is 0 Å². The zero-order valence-electron chi connectivity index (χ0n) is 6.51. The highest BCUT2D eigenvalue weighted by atomic mass is 79.9. The van der Waals surface area contributed by atoms with Gasteiger partial charge in [-0.3, -0.25) is 0 Å². The summed E-state index contributed by atoms with van der Waals surface area (Å²) in [6, 6.07) is 2.93. The summed E-state index contributed by atoms with van der Waals surface area (Å²) in [6.45, 7) is 1.76. The first-order chi connectivity index (χ1) is 5.82. The molecule has 6 heteroatoms. The largest absolute Gasteiger partial charge is 0.262 e. The Morgan fingerprint density at radius 2 is 1.92 bits per heavy atom. The van der Waals surface area contributed by atoms with E-state index in [4.69, 9.17) is 22.3 Å². The quantitative estimate of drug-likeness (QED) is 0.746. The molecule has 72 valence electrons. The minimum atomic E-state index is -3.75. The first kappa shape index (κ1) is 11.3. The van der Waals surface area contributed by atoms with Crippen LogP contribution in [0.4, 0.5) is 0 Å². The van der Waals surface area contributed by atoms with Crippen molar-refractivity contribution in [3.63, 3.8) is 0 Å². The molecule has 0 aliphatic rings. The van der Waals surface area contributed by atoms with Crippen LogP contribution >= 0.6 is 38.2 Å². The molecule has 0 unspecified atom stereocenters. The van der Waals surface area contributed by atoms with Crippen LogP contribution in [0.2, 0.25) is 5.02 Å². The summed E-state index contributed by atoms with van der Waals surface area (Å²) in [4.78, 5) is -0.0588. The summed E-state index contributed by atoms with van der Waals surface area (Å²) >= 11 is 8.92. The number of hydrogen-bond acceptors (Lipinski definition) is 2. The third-order valence-corrected chi connectivity index (χ3v) is 4.12. The van der Waals surface area contributed by atoms with E-state index >= 15 is 0 Å². The Hall–Kier alpha value is 0.230. The van der Waals surface area contributed by atoms with Crippen molar-refractivity contribution in [1.29, 1.82) is 0 Å². The molecule has 0 aliphatic heterocycles. The fourth-order valence-electron chi connectivity index (χ4n) is 0.818. The predicted molar refractivity (Wildman–Crippen MR) is 56.9 cm³/mol. The van der Waals surface area contributed by atoms with Crippen LogP contribution in [0.25, 0.3) is 0 Å². The van der Waals surface area contributed by atoms with E-state index in [0.717, 1.165) is 10.0 Å². The van der Waals surface area contributed by atoms with Gasteiger partial charge in [-0.2, -0.15) is 0 Å². The molecule has 0 fully saturated rings. The van der Waals surface area contributed by atoms with Gasteiger partial charge in [0.15, 0.2) is 0 Å². The van der Waals surface area contributed by atoms with Crippen LogP contribution in [-0.4, -0.2) is 8.42 Å². The molecule has 2 nitrogen and oxygen atoms in total. The summed E-state index contributed by atoms with van der Waals surface area (Å²) in [5.41, 5.74) is 0.767. The molecule has 0 saturated carbocycles. The number of hydrogen-bond donors (Lipinski definition) is 0. The third-order valence-electron chi connectivity index (χ3n) is 1.48. The molecule has 0 spiro atoms. The minimum Gasteiger partial charge on any atom is -0.207 e. The van der Waals surface area contributed by atoms with E-state index in [-0.39, 0.29) is 9.92 Å². The van der Waals surface area contributed by atoms with Gasteiger partial charge in [-0.25, -0.2) is 8.42 Å². The number of aryl methyl sites for hydroxylation is 1. The molecule has 0 saturated heterocycles. The second-order valence-electron chi connectivity index (χ2n) is 2.47. The van der Waals surface area contributed by atoms with Crippen molar-refractivity contribution in [2.45, 2.75) is 11.8 Å². The van der Waals surface area contributed by atoms with Crippen LogP contribution in [0.1, 0.15) is 5.56 Å². The van der Waals surface area contributed by atoms with Crippen molar-refractivity contribution >= 4 is 47.3 Å². The number of halogens is 3. The van der Waals surface area contributed by atoms with Crippen LogP contribution < -0.4 is 0 Å². The van der Waals surface area contributed by atoms with E-state index in [1.807, 2.05) is 0 Å². The van der Waals surface area contributed by atoms with Gasteiger partial charge in [0, 0.05) is 15.2 Å². The van der Waals surface area contributed by atoms with E-state index in [0.29, 0.717) is 0 Å². The van der Waals surface area contributed by atoms with Crippen LogP contribution in [0.3, 0.4) is 0 Å². The van der Waals surface area contributed by atoms with E-state index in [2.05, 4.69) is 15.9 Å². The lowest BCUT2D eigenvalue weighted by atomic mass is 10.2. The van der Waals surface area contributed by atoms with Crippen molar-refractivity contribution < 1.29 is 8.42 Å². The minimum absolute atomic E-state index is 0.0588. The molecule has 0 heterocycles. The molecule has 1 aromatic rings. The lowest BCUT2D eigenvalue weighted by Gasteiger charge is -2.03. The van der Waals surface area contributed by atoms with Crippen molar-refractivity contribution in [2.75, 3.05) is 0 Å². The van der Waals surface area contributed by atoms with Crippen molar-refractivity contribution in [3.05, 3.63) is 27.2 Å². The lowest BCUT2D eigenvalue weighted by Crippen LogP contribution is -1.93. The average molecular weight is 304 g/mol. The predicted octanol–water partition coefficient (Wildman–Crippen LogP) is 3.34. The molecular weight excluding hydrogens is 299 g/mol. The first-order valence-electron chi connectivity index (χ1n) is 3.22. The summed E-state index contributed by atoms with van der Waals surface area (Å²) in [7, 11) is 1.41. The number of benzene rings is 1. The van der Waals surface area contributed by atoms with Gasteiger partial charge in [0.1, 0.15) is 4.90 Å². The van der Waals surface area contributed by atoms with E-state index in [1.165, 1.54) is 12.1 Å². The molecule has 0 atom stereocenters. The molecule has 1 rings (SSSR count). The maximum atomic E-state index is 11.0. The van der Waals surface area contributed by atoms with E-state index < -0.39 is 9.05 Å². The average Bonchev–Trinajstić information content (AvgIpc) is 1.94. The molecule has 13 heavy (non-hydrogen) atoms. The molecule has 0 amide bonds. The topological polar surface area (TPSA) is 34.1 Å². The Bertz CT molecular complexity index is 442. The maximum absolute atomic E-state index is 11.0. The highest BCUT2D eigenvalue weighted by Gasteiger charge is 2.15. The Morgan fingerprint density at radius 3 is 2.38 bits per heavy atom. The van der Waals surface area contributed by atoms with Crippen LogP contribution in [0, 0.1) is 6.92 Å². The summed E-state index contributed by atoms with van der Waals surface area (Å²) in [6.07, 6.45) is 0. The van der Waals surface area contributed by atoms with Gasteiger partial charge in [-0.05, 0) is 24.6 Å². The molecule has 0 N–H and O–H groups in total. The molecule has 0 radical (unpaired) electrons. The van der Waals surface area contributed by atoms with Gasteiger partial charge in [-0.15, -0.1) is 0 Å². The van der Waals surface area contributed by atoms with Gasteiger partial charge in [0.05, 0.1) is 5.02 Å². The molecule has 0 aliphatic carbocycles. The Kier molecular flexibility index (Phi) is 3.28. The lowest BCUT2D eigenvalue weighted by molar-refractivity contribution is 0.609. The molecule has 1 aromatic carbocycles. The second kappa shape index (κ2) is 3.77. The SMILES string of the molecule is Cc1cc(S(=O)(=O)Cl)c(Cl)cc1Br. The Morgan fingerprint density at radius 1 is 1.38 bits per heavy atom. The zero-order chi connectivity index (χ0) is 10.2. The van der Waals surface area contributed by atoms with Crippen LogP contribution in [-0.2, 0) is 9.05 Å². The second-order valence-corrected chi connectivity index (χ2v) is 6.27. The van der Waals surface area contributed by atoms with Crippen molar-refractivity contribution in [3.8, 4) is 0 Å². The van der Waals surface area contributed by atoms with Gasteiger partial charge in [-0.1, -0.05) is 27.5 Å². The summed E-state index contributed by atoms with van der Waals surface area (Å²) in [5, 5.41) is 0.118. The van der Waals surface area contributed by atoms with Gasteiger partial charge < -0.3 is 0 Å². The van der Waals surface area contributed by atoms with Crippen LogP contribution in [0.15, 0.2) is 21.5 Å². The zero-order valence-corrected chi connectivity index (χ0v) is 10.4. The summed E-state index contributed by atoms with van der Waals surface area (Å²) in [5.74, 6) is 0. The highest BCUT2D eigenvalue weighted by molar-refractivity contribution is 9.10. The fourth-order valence-corrected chi connectivity index (χ4v) is 2.87. The maximum Gasteiger partial charge on any atom is 0.262 e. The van der Waals surface area contributed by atoms with Gasteiger partial charge >= 0.3 is 0 Å². The standard InChI is InChI=1S/C7H5BrCl2O2S/c1-4-2-7(13(10,11)12)6(9)3-5(4)8/h2-3H,1H3. The Labute approximate surface area is 94.4 Å². The molecular formula is C7H5BrCl2O2S. The third kappa shape index (κ3) is 2.59. The number of rotatable bonds is 1. The summed E-state index contributed by atoms with van der Waals surface area (Å²) < 4.78 is 22.7. The first-order valence-corrected chi connectivity index (χ1v) is 6.70. The van der Waals surface area contributed by atoms with Crippen LogP contribution in [0.5, 0.6) is 0 Å². The van der Waals surface area contributed by atoms with E-state index in [9.17, 15) is 8.42 Å². The van der Waals surface area contributed by atoms with E-state index in [1.54, 1.807) is 6.92 Å². The smallest absolute Gasteiger partial charge is 0.207 e. The highest BCUT2D eigenvalue weighted by Crippen LogP contribution is 2.30. The normalized spacial score (nSPS) is 11.7. The fraction of sp³-hybridized carbons (Fsp3) is 0.143. The molecule has 0 bridgehead atoms. The monoisotopic (exact) mass is 302 g/mol. The Balaban J connectivity index is 3.50. The molecule has 0 aromatic heterocycles. The van der Waals surface area contributed by atoms with Gasteiger partial charge in [0.25, 0.3) is 9.05 Å². The van der Waals surface area contributed by atoms with Gasteiger partial charge in [0.2, 0.25) is 0 Å².